The number of benzene rings is 2. The van der Waals surface area contributed by atoms with Crippen molar-refractivity contribution < 1.29 is 14.3 Å². The number of fused-ring (bicyclic) bond motifs is 1. The van der Waals surface area contributed by atoms with E-state index in [-0.39, 0.29) is 18.7 Å². The number of hydrogen-bond acceptors (Lipinski definition) is 5. The maximum atomic E-state index is 12.7. The first-order valence-electron chi connectivity index (χ1n) is 9.92. The van der Waals surface area contributed by atoms with Crippen LogP contribution in [0.5, 0.6) is 11.5 Å². The highest BCUT2D eigenvalue weighted by Crippen LogP contribution is 2.32. The molecule has 1 saturated heterocycles. The van der Waals surface area contributed by atoms with E-state index in [2.05, 4.69) is 20.4 Å². The smallest absolute Gasteiger partial charge is 0.251 e. The van der Waals surface area contributed by atoms with Crippen LogP contribution in [0.1, 0.15) is 23.2 Å². The van der Waals surface area contributed by atoms with Gasteiger partial charge in [-0.1, -0.05) is 23.7 Å². The van der Waals surface area contributed by atoms with Gasteiger partial charge in [0.2, 0.25) is 6.79 Å². The number of nitrogens with zero attached hydrogens (tertiary/aromatic N) is 2. The average Bonchev–Trinajstić information content (AvgIpc) is 3.44. The van der Waals surface area contributed by atoms with Crippen molar-refractivity contribution in [2.24, 2.45) is 0 Å². The maximum Gasteiger partial charge on any atom is 0.251 e. The number of halogens is 1. The van der Waals surface area contributed by atoms with Gasteiger partial charge in [0.15, 0.2) is 17.3 Å². The number of hydrogen-bond donors (Lipinski definition) is 2. The third-order valence-electron chi connectivity index (χ3n) is 5.43. The summed E-state index contributed by atoms with van der Waals surface area (Å²) in [7, 11) is 0. The van der Waals surface area contributed by atoms with Crippen LogP contribution >= 0.6 is 11.6 Å². The van der Waals surface area contributed by atoms with Gasteiger partial charge in [0.1, 0.15) is 0 Å². The van der Waals surface area contributed by atoms with Gasteiger partial charge < -0.3 is 19.7 Å². The van der Waals surface area contributed by atoms with Gasteiger partial charge in [-0.25, -0.2) is 0 Å². The van der Waals surface area contributed by atoms with Gasteiger partial charge >= 0.3 is 0 Å². The number of anilines is 1. The lowest BCUT2D eigenvalue weighted by atomic mass is 10.0. The summed E-state index contributed by atoms with van der Waals surface area (Å²) in [5, 5.41) is 11.4. The Morgan fingerprint density at radius 2 is 1.97 bits per heavy atom. The van der Waals surface area contributed by atoms with Gasteiger partial charge in [0.05, 0.1) is 5.69 Å². The number of ether oxygens (including phenoxy) is 2. The molecule has 3 heterocycles. The molecule has 1 fully saturated rings. The van der Waals surface area contributed by atoms with Gasteiger partial charge in [0, 0.05) is 35.8 Å². The predicted molar refractivity (Wildman–Crippen MR) is 114 cm³/mol. The molecule has 1 amide bonds. The highest BCUT2D eigenvalue weighted by atomic mass is 35.5. The Kier molecular flexibility index (Phi) is 4.96. The maximum absolute atomic E-state index is 12.7. The Bertz CT molecular complexity index is 1070. The number of aromatic nitrogens is 2. The fourth-order valence-electron chi connectivity index (χ4n) is 3.86. The molecule has 0 spiro atoms. The normalized spacial score (nSPS) is 17.8. The molecule has 3 aromatic rings. The number of aromatic amines is 1. The third kappa shape index (κ3) is 3.80. The molecule has 0 bridgehead atoms. The quantitative estimate of drug-likeness (QED) is 0.664. The molecule has 2 N–H and O–H groups in total. The summed E-state index contributed by atoms with van der Waals surface area (Å²) in [5.41, 5.74) is 2.54. The summed E-state index contributed by atoms with van der Waals surface area (Å²) in [6.07, 6.45) is 1.91. The number of H-pyrrole nitrogens is 1. The Balaban J connectivity index is 1.25. The number of nitrogens with one attached hydrogen (secondary N) is 2. The Morgan fingerprint density at radius 1 is 1.13 bits per heavy atom. The lowest BCUT2D eigenvalue weighted by Crippen LogP contribution is -2.48. The zero-order valence-corrected chi connectivity index (χ0v) is 17.0. The standard InChI is InChI=1S/C22H21ClN4O3/c23-16-6-3-14(4-7-16)18-11-21(26-25-18)27-9-1-2-17(12-27)24-22(28)15-5-8-19-20(10-15)30-13-29-19/h3-8,10-11,17H,1-2,9,12-13H2,(H,24,28)(H,25,26)/t17-/m1/s1. The lowest BCUT2D eigenvalue weighted by molar-refractivity contribution is 0.0932. The van der Waals surface area contributed by atoms with Crippen molar-refractivity contribution >= 4 is 23.3 Å². The minimum Gasteiger partial charge on any atom is -0.454 e. The molecule has 0 radical (unpaired) electrons. The van der Waals surface area contributed by atoms with Crippen molar-refractivity contribution in [2.75, 3.05) is 24.8 Å². The lowest BCUT2D eigenvalue weighted by Gasteiger charge is -2.33. The summed E-state index contributed by atoms with van der Waals surface area (Å²) < 4.78 is 10.7. The molecule has 30 heavy (non-hydrogen) atoms. The van der Waals surface area contributed by atoms with Gasteiger partial charge in [-0.05, 0) is 48.7 Å². The molecular weight excluding hydrogens is 404 g/mol. The van der Waals surface area contributed by atoms with Crippen molar-refractivity contribution in [3.63, 3.8) is 0 Å². The van der Waals surface area contributed by atoms with Gasteiger partial charge in [-0.15, -0.1) is 0 Å². The average molecular weight is 425 g/mol. The Morgan fingerprint density at radius 3 is 2.83 bits per heavy atom. The molecule has 1 aromatic heterocycles. The predicted octanol–water partition coefficient (Wildman–Crippen LogP) is 3.86. The first-order valence-corrected chi connectivity index (χ1v) is 10.3. The molecule has 0 saturated carbocycles. The Hall–Kier alpha value is -3.19. The summed E-state index contributed by atoms with van der Waals surface area (Å²) in [5.74, 6) is 2.05. The van der Waals surface area contributed by atoms with E-state index in [1.54, 1.807) is 18.2 Å². The van der Waals surface area contributed by atoms with E-state index < -0.39 is 0 Å². The third-order valence-corrected chi connectivity index (χ3v) is 5.69. The van der Waals surface area contributed by atoms with Crippen LogP contribution in [0.4, 0.5) is 5.82 Å². The highest BCUT2D eigenvalue weighted by molar-refractivity contribution is 6.30. The number of piperidine rings is 1. The molecule has 0 unspecified atom stereocenters. The zero-order valence-electron chi connectivity index (χ0n) is 16.2. The molecule has 0 aliphatic carbocycles. The molecule has 8 heteroatoms. The van der Waals surface area contributed by atoms with Crippen molar-refractivity contribution in [1.82, 2.24) is 15.5 Å². The molecule has 2 aromatic carbocycles. The molecule has 154 valence electrons. The van der Waals surface area contributed by atoms with E-state index in [0.717, 1.165) is 36.5 Å². The summed E-state index contributed by atoms with van der Waals surface area (Å²) in [6.45, 7) is 1.81. The second-order valence-corrected chi connectivity index (χ2v) is 7.91. The number of rotatable bonds is 4. The van der Waals surface area contributed by atoms with Gasteiger partial charge in [-0.2, -0.15) is 5.10 Å². The SMILES string of the molecule is O=C(N[C@@H]1CCCN(c2cc(-c3ccc(Cl)cc3)[nH]n2)C1)c1ccc2c(c1)OCO2. The summed E-state index contributed by atoms with van der Waals surface area (Å²) in [4.78, 5) is 14.9. The number of carbonyl (C=O) groups excluding carboxylic acids is 1. The van der Waals surface area contributed by atoms with Crippen molar-refractivity contribution in [3.8, 4) is 22.8 Å². The highest BCUT2D eigenvalue weighted by Gasteiger charge is 2.24. The molecule has 7 nitrogen and oxygen atoms in total. The first kappa shape index (κ1) is 18.8. The van der Waals surface area contributed by atoms with Crippen LogP contribution < -0.4 is 19.7 Å². The van der Waals surface area contributed by atoms with Crippen LogP contribution in [0.25, 0.3) is 11.3 Å². The minimum atomic E-state index is -0.107. The van der Waals surface area contributed by atoms with Crippen molar-refractivity contribution in [3.05, 3.63) is 59.1 Å². The number of carbonyl (C=O) groups is 1. The van der Waals surface area contributed by atoms with Crippen LogP contribution in [0.3, 0.4) is 0 Å². The van der Waals surface area contributed by atoms with E-state index >= 15 is 0 Å². The van der Waals surface area contributed by atoms with E-state index in [0.29, 0.717) is 28.6 Å². The number of amides is 1. The van der Waals surface area contributed by atoms with Crippen LogP contribution in [-0.4, -0.2) is 42.0 Å². The second kappa shape index (κ2) is 7.91. The molecule has 2 aliphatic rings. The molecule has 2 aliphatic heterocycles. The Labute approximate surface area is 178 Å². The molecular formula is C22H21ClN4O3. The zero-order chi connectivity index (χ0) is 20.5. The van der Waals surface area contributed by atoms with E-state index in [4.69, 9.17) is 21.1 Å². The van der Waals surface area contributed by atoms with Crippen LogP contribution in [0.15, 0.2) is 48.5 Å². The van der Waals surface area contributed by atoms with Crippen molar-refractivity contribution in [1.29, 1.82) is 0 Å². The van der Waals surface area contributed by atoms with E-state index in [9.17, 15) is 4.79 Å². The largest absolute Gasteiger partial charge is 0.454 e. The topological polar surface area (TPSA) is 79.5 Å². The first-order chi connectivity index (χ1) is 14.7. The second-order valence-electron chi connectivity index (χ2n) is 7.47. The summed E-state index contributed by atoms with van der Waals surface area (Å²) >= 11 is 5.97. The molecule has 5 rings (SSSR count). The molecule has 1 atom stereocenters. The summed E-state index contributed by atoms with van der Waals surface area (Å²) in [6, 6.07) is 15.0. The fraction of sp³-hybridized carbons (Fsp3) is 0.273. The monoisotopic (exact) mass is 424 g/mol. The minimum absolute atomic E-state index is 0.0485. The van der Waals surface area contributed by atoms with E-state index in [1.165, 1.54) is 0 Å². The van der Waals surface area contributed by atoms with Crippen LogP contribution in [0, 0.1) is 0 Å². The van der Waals surface area contributed by atoms with Gasteiger partial charge in [-0.3, -0.25) is 9.89 Å². The fourth-order valence-corrected chi connectivity index (χ4v) is 3.99. The van der Waals surface area contributed by atoms with Gasteiger partial charge in [0.25, 0.3) is 5.91 Å². The van der Waals surface area contributed by atoms with E-state index in [1.807, 2.05) is 30.3 Å². The van der Waals surface area contributed by atoms with Crippen molar-refractivity contribution in [2.45, 2.75) is 18.9 Å². The van der Waals surface area contributed by atoms with Crippen LogP contribution in [0.2, 0.25) is 5.02 Å². The van der Waals surface area contributed by atoms with Crippen LogP contribution in [-0.2, 0) is 0 Å².